The van der Waals surface area contributed by atoms with Crippen LogP contribution in [-0.4, -0.2) is 37.1 Å². The number of rotatable bonds is 4. The molecule has 11 heteroatoms. The lowest BCUT2D eigenvalue weighted by molar-refractivity contribution is 0.102. The summed E-state index contributed by atoms with van der Waals surface area (Å²) >= 11 is 10.5. The molecule has 2 aromatic rings. The van der Waals surface area contributed by atoms with Crippen LogP contribution >= 0.6 is 38.9 Å². The number of anilines is 1. The third-order valence-corrected chi connectivity index (χ3v) is 7.85. The summed E-state index contributed by atoms with van der Waals surface area (Å²) in [5.41, 5.74) is 0.392. The number of thiophene rings is 1. The van der Waals surface area contributed by atoms with E-state index in [0.717, 1.165) is 13.7 Å². The molecule has 0 aliphatic carbocycles. The molecule has 1 fully saturated rings. The first-order chi connectivity index (χ1) is 12.2. The minimum Gasteiger partial charge on any atom is -0.372 e. The average molecular weight is 485 g/mol. The highest BCUT2D eigenvalue weighted by Gasteiger charge is 2.40. The standard InChI is InChI=1S/C15H16BrClFN3O3S2/c1-21-13(15(22)19-9-2-3-11(18)10(17)5-9)6-12(20-26(21,23)24)14-4-8(16)7-25-14/h2-5,7,12-13,15,19-20,22H,6H2,1H3/t12-,13+,15?/m0/s1. The second kappa shape index (κ2) is 7.70. The summed E-state index contributed by atoms with van der Waals surface area (Å²) in [5, 5.41) is 15.1. The van der Waals surface area contributed by atoms with Crippen molar-refractivity contribution < 1.29 is 17.9 Å². The molecule has 1 unspecified atom stereocenters. The molecular weight excluding hydrogens is 469 g/mol. The van der Waals surface area contributed by atoms with Gasteiger partial charge in [0.2, 0.25) is 0 Å². The molecule has 1 aliphatic rings. The Morgan fingerprint density at radius 1 is 1.50 bits per heavy atom. The molecule has 3 N–H and O–H groups in total. The van der Waals surface area contributed by atoms with Gasteiger partial charge >= 0.3 is 0 Å². The van der Waals surface area contributed by atoms with Gasteiger partial charge in [-0.1, -0.05) is 11.6 Å². The summed E-state index contributed by atoms with van der Waals surface area (Å²) in [7, 11) is -2.36. The number of nitrogens with zero attached hydrogens (tertiary/aromatic N) is 1. The number of hydrogen-bond donors (Lipinski definition) is 3. The average Bonchev–Trinajstić information content (AvgIpc) is 2.99. The second-order valence-corrected chi connectivity index (χ2v) is 9.91. The summed E-state index contributed by atoms with van der Waals surface area (Å²) < 4.78 is 42.7. The van der Waals surface area contributed by atoms with Crippen molar-refractivity contribution in [1.29, 1.82) is 0 Å². The fourth-order valence-electron chi connectivity index (χ4n) is 2.75. The predicted molar refractivity (Wildman–Crippen MR) is 104 cm³/mol. The van der Waals surface area contributed by atoms with Crippen LogP contribution in [0.3, 0.4) is 0 Å². The first kappa shape index (κ1) is 20.0. The van der Waals surface area contributed by atoms with Gasteiger partial charge in [0.25, 0.3) is 10.2 Å². The van der Waals surface area contributed by atoms with Gasteiger partial charge in [0.15, 0.2) is 0 Å². The monoisotopic (exact) mass is 483 g/mol. The molecule has 0 bridgehead atoms. The summed E-state index contributed by atoms with van der Waals surface area (Å²) in [4.78, 5) is 0.843. The molecular formula is C15H16BrClFN3O3S2. The van der Waals surface area contributed by atoms with Gasteiger partial charge in [0.05, 0.1) is 17.1 Å². The van der Waals surface area contributed by atoms with Gasteiger partial charge in [-0.2, -0.15) is 17.4 Å². The summed E-state index contributed by atoms with van der Waals surface area (Å²) in [6.07, 6.45) is -0.851. The Balaban J connectivity index is 1.82. The molecule has 3 rings (SSSR count). The summed E-state index contributed by atoms with van der Waals surface area (Å²) in [5.74, 6) is -0.573. The minimum atomic E-state index is -3.76. The number of likely N-dealkylation sites (N-methyl/N-ethyl adjacent to an activating group) is 1. The Labute approximate surface area is 168 Å². The Hall–Kier alpha value is -0.750. The first-order valence-electron chi connectivity index (χ1n) is 7.56. The number of hydrogen-bond acceptors (Lipinski definition) is 5. The highest BCUT2D eigenvalue weighted by molar-refractivity contribution is 9.10. The van der Waals surface area contributed by atoms with Crippen LogP contribution in [0.4, 0.5) is 10.1 Å². The van der Waals surface area contributed by atoms with Crippen LogP contribution in [-0.2, 0) is 10.2 Å². The number of aliphatic hydroxyl groups is 1. The van der Waals surface area contributed by atoms with Gasteiger partial charge in [-0.25, -0.2) is 4.39 Å². The molecule has 0 spiro atoms. The van der Waals surface area contributed by atoms with E-state index in [1.807, 2.05) is 11.4 Å². The molecule has 0 saturated carbocycles. The largest absolute Gasteiger partial charge is 0.372 e. The van der Waals surface area contributed by atoms with Crippen LogP contribution in [0.15, 0.2) is 34.1 Å². The Morgan fingerprint density at radius 3 is 2.85 bits per heavy atom. The topological polar surface area (TPSA) is 81.7 Å². The maximum atomic E-state index is 13.3. The van der Waals surface area contributed by atoms with Crippen molar-refractivity contribution in [3.05, 3.63) is 49.8 Å². The third-order valence-electron chi connectivity index (χ3n) is 4.14. The van der Waals surface area contributed by atoms with Crippen molar-refractivity contribution >= 4 is 54.8 Å². The van der Waals surface area contributed by atoms with E-state index in [9.17, 15) is 17.9 Å². The van der Waals surface area contributed by atoms with E-state index in [2.05, 4.69) is 26.0 Å². The zero-order valence-corrected chi connectivity index (χ0v) is 17.5. The molecule has 6 nitrogen and oxygen atoms in total. The SMILES string of the molecule is CN1[C@@H](C(O)Nc2ccc(F)c(Cl)c2)C[C@@H](c2cc(Br)cs2)NS1(=O)=O. The van der Waals surface area contributed by atoms with Gasteiger partial charge in [-0.05, 0) is 46.6 Å². The van der Waals surface area contributed by atoms with Crippen molar-refractivity contribution in [3.63, 3.8) is 0 Å². The molecule has 1 aromatic carbocycles. The molecule has 3 atom stereocenters. The fraction of sp³-hybridized carbons (Fsp3) is 0.333. The predicted octanol–water partition coefficient (Wildman–Crippen LogP) is 3.31. The summed E-state index contributed by atoms with van der Waals surface area (Å²) in [6, 6.07) is 4.60. The quantitative estimate of drug-likeness (QED) is 0.582. The summed E-state index contributed by atoms with van der Waals surface area (Å²) in [6.45, 7) is 0. The smallest absolute Gasteiger partial charge is 0.280 e. The second-order valence-electron chi connectivity index (χ2n) is 5.88. The number of aliphatic hydroxyl groups excluding tert-OH is 1. The van der Waals surface area contributed by atoms with Crippen LogP contribution in [0.5, 0.6) is 0 Å². The number of benzene rings is 1. The fourth-order valence-corrected chi connectivity index (χ4v) is 5.82. The lowest BCUT2D eigenvalue weighted by Crippen LogP contribution is -2.57. The molecule has 2 heterocycles. The molecule has 1 saturated heterocycles. The van der Waals surface area contributed by atoms with E-state index in [1.54, 1.807) is 0 Å². The minimum absolute atomic E-state index is 0.0881. The van der Waals surface area contributed by atoms with E-state index in [1.165, 1.54) is 36.6 Å². The van der Waals surface area contributed by atoms with Crippen molar-refractivity contribution in [3.8, 4) is 0 Å². The first-order valence-corrected chi connectivity index (χ1v) is 11.1. The van der Waals surface area contributed by atoms with E-state index in [4.69, 9.17) is 11.6 Å². The zero-order chi connectivity index (χ0) is 19.1. The molecule has 0 radical (unpaired) electrons. The van der Waals surface area contributed by atoms with Crippen LogP contribution in [0.2, 0.25) is 5.02 Å². The van der Waals surface area contributed by atoms with Gasteiger partial charge in [0.1, 0.15) is 12.0 Å². The van der Waals surface area contributed by atoms with Crippen LogP contribution in [0.1, 0.15) is 17.3 Å². The number of halogens is 3. The lowest BCUT2D eigenvalue weighted by atomic mass is 10.0. The van der Waals surface area contributed by atoms with E-state index in [0.29, 0.717) is 12.1 Å². The van der Waals surface area contributed by atoms with Crippen molar-refractivity contribution in [1.82, 2.24) is 9.03 Å². The van der Waals surface area contributed by atoms with Crippen LogP contribution < -0.4 is 10.0 Å². The van der Waals surface area contributed by atoms with Gasteiger partial charge in [-0.3, -0.25) is 0 Å². The van der Waals surface area contributed by atoms with Crippen molar-refractivity contribution in [2.75, 3.05) is 12.4 Å². The van der Waals surface area contributed by atoms with Crippen LogP contribution in [0, 0.1) is 5.82 Å². The Bertz CT molecular complexity index is 911. The van der Waals surface area contributed by atoms with E-state index < -0.39 is 34.3 Å². The number of nitrogens with one attached hydrogen (secondary N) is 2. The third kappa shape index (κ3) is 4.22. The highest BCUT2D eigenvalue weighted by atomic mass is 79.9. The maximum Gasteiger partial charge on any atom is 0.280 e. The molecule has 1 aromatic heterocycles. The normalized spacial score (nSPS) is 24.3. The van der Waals surface area contributed by atoms with Crippen molar-refractivity contribution in [2.24, 2.45) is 0 Å². The zero-order valence-electron chi connectivity index (χ0n) is 13.5. The maximum absolute atomic E-state index is 13.3. The van der Waals surface area contributed by atoms with Gasteiger partial charge in [0, 0.05) is 27.5 Å². The molecule has 1 aliphatic heterocycles. The Kier molecular flexibility index (Phi) is 5.92. The van der Waals surface area contributed by atoms with Crippen LogP contribution in [0.25, 0.3) is 0 Å². The van der Waals surface area contributed by atoms with E-state index >= 15 is 0 Å². The van der Waals surface area contributed by atoms with Gasteiger partial charge in [-0.15, -0.1) is 11.3 Å². The molecule has 0 amide bonds. The molecule has 26 heavy (non-hydrogen) atoms. The highest BCUT2D eigenvalue weighted by Crippen LogP contribution is 2.34. The van der Waals surface area contributed by atoms with Crippen molar-refractivity contribution in [2.45, 2.75) is 24.7 Å². The van der Waals surface area contributed by atoms with E-state index in [-0.39, 0.29) is 5.02 Å². The molecule has 142 valence electrons. The van der Waals surface area contributed by atoms with Gasteiger partial charge < -0.3 is 10.4 Å². The lowest BCUT2D eigenvalue weighted by Gasteiger charge is -2.39. The Morgan fingerprint density at radius 2 is 2.23 bits per heavy atom.